The fraction of sp³-hybridized carbons (Fsp3) is 0.533. The van der Waals surface area contributed by atoms with E-state index in [1.165, 1.54) is 6.07 Å². The van der Waals surface area contributed by atoms with Crippen LogP contribution in [0.2, 0.25) is 0 Å². The van der Waals surface area contributed by atoms with E-state index in [0.29, 0.717) is 17.5 Å². The number of ketones is 1. The van der Waals surface area contributed by atoms with Crippen molar-refractivity contribution in [2.24, 2.45) is 5.41 Å². The highest BCUT2D eigenvalue weighted by Gasteiger charge is 2.49. The second kappa shape index (κ2) is 4.67. The summed E-state index contributed by atoms with van der Waals surface area (Å²) in [6.45, 7) is 0. The van der Waals surface area contributed by atoms with Gasteiger partial charge in [0.15, 0.2) is 5.78 Å². The van der Waals surface area contributed by atoms with Crippen molar-refractivity contribution in [2.75, 3.05) is 7.11 Å². The summed E-state index contributed by atoms with van der Waals surface area (Å²) in [5.41, 5.74) is 0.772. The van der Waals surface area contributed by atoms with Crippen LogP contribution in [-0.2, 0) is 11.2 Å². The summed E-state index contributed by atoms with van der Waals surface area (Å²) in [7, 11) is 1.71. The highest BCUT2D eigenvalue weighted by atomic mass is 79.9. The van der Waals surface area contributed by atoms with Gasteiger partial charge in [-0.2, -0.15) is 0 Å². The molecule has 0 atom stereocenters. The number of ether oxygens (including phenoxy) is 1. The second-order valence-corrected chi connectivity index (χ2v) is 6.46. The molecule has 2 aliphatic carbocycles. The van der Waals surface area contributed by atoms with Gasteiger partial charge in [-0.15, -0.1) is 0 Å². The van der Waals surface area contributed by atoms with Crippen LogP contribution in [0.1, 0.15) is 41.6 Å². The van der Waals surface area contributed by atoms with Crippen molar-refractivity contribution in [1.29, 1.82) is 0 Å². The Morgan fingerprint density at radius 2 is 2.05 bits per heavy atom. The largest absolute Gasteiger partial charge is 0.381 e. The molecule has 0 aromatic heterocycles. The number of halogens is 2. The van der Waals surface area contributed by atoms with Crippen LogP contribution in [-0.4, -0.2) is 19.0 Å². The normalized spacial score (nSPS) is 29.8. The van der Waals surface area contributed by atoms with Crippen LogP contribution in [0.3, 0.4) is 0 Å². The molecule has 0 radical (unpaired) electrons. The number of hydrogen-bond donors (Lipinski definition) is 0. The maximum Gasteiger partial charge on any atom is 0.170 e. The van der Waals surface area contributed by atoms with Gasteiger partial charge in [0.25, 0.3) is 0 Å². The molecule has 0 unspecified atom stereocenters. The van der Waals surface area contributed by atoms with E-state index in [0.717, 1.165) is 30.2 Å². The lowest BCUT2D eigenvalue weighted by atomic mass is 9.70. The lowest BCUT2D eigenvalue weighted by Crippen LogP contribution is -2.35. The van der Waals surface area contributed by atoms with E-state index in [4.69, 9.17) is 4.74 Å². The molecule has 0 amide bonds. The molecule has 0 N–H and O–H groups in total. The molecule has 0 saturated heterocycles. The van der Waals surface area contributed by atoms with Crippen LogP contribution in [0.15, 0.2) is 16.6 Å². The van der Waals surface area contributed by atoms with Crippen molar-refractivity contribution in [1.82, 2.24) is 0 Å². The molecule has 19 heavy (non-hydrogen) atoms. The number of methoxy groups -OCH3 is 1. The van der Waals surface area contributed by atoms with E-state index in [9.17, 15) is 9.18 Å². The van der Waals surface area contributed by atoms with Gasteiger partial charge >= 0.3 is 0 Å². The lowest BCUT2D eigenvalue weighted by molar-refractivity contribution is 0.0284. The van der Waals surface area contributed by atoms with Gasteiger partial charge in [-0.25, -0.2) is 4.39 Å². The summed E-state index contributed by atoms with van der Waals surface area (Å²) in [5, 5.41) is 0. The van der Waals surface area contributed by atoms with Gasteiger partial charge in [0.1, 0.15) is 5.82 Å². The third-order valence-corrected chi connectivity index (χ3v) is 5.31. The summed E-state index contributed by atoms with van der Waals surface area (Å²) in [6.07, 6.45) is 4.15. The third kappa shape index (κ3) is 1.96. The minimum Gasteiger partial charge on any atom is -0.381 e. The Morgan fingerprint density at radius 1 is 1.37 bits per heavy atom. The first-order valence-electron chi connectivity index (χ1n) is 6.62. The van der Waals surface area contributed by atoms with Crippen LogP contribution in [0, 0.1) is 11.2 Å². The number of rotatable bonds is 1. The van der Waals surface area contributed by atoms with Crippen molar-refractivity contribution in [3.63, 3.8) is 0 Å². The molecule has 2 nitrogen and oxygen atoms in total. The van der Waals surface area contributed by atoms with Crippen LogP contribution in [0.4, 0.5) is 4.39 Å². The van der Waals surface area contributed by atoms with Gasteiger partial charge in [0.05, 0.1) is 6.10 Å². The number of benzene rings is 1. The maximum absolute atomic E-state index is 13.9. The molecule has 0 aliphatic heterocycles. The molecule has 1 fully saturated rings. The van der Waals surface area contributed by atoms with Gasteiger partial charge in [0.2, 0.25) is 0 Å². The highest BCUT2D eigenvalue weighted by molar-refractivity contribution is 9.10. The lowest BCUT2D eigenvalue weighted by Gasteiger charge is -2.35. The first-order valence-corrected chi connectivity index (χ1v) is 7.41. The summed E-state index contributed by atoms with van der Waals surface area (Å²) in [6, 6.07) is 3.07. The average Bonchev–Trinajstić information content (AvgIpc) is 2.70. The standard InChI is InChI=1S/C15H16BrFO2/c1-19-9-4-6-15(7-5-9)8-10-12(17)3-2-11(16)13(10)14(15)18/h2-3,9H,4-8H2,1H3. The Balaban J connectivity index is 1.96. The smallest absolute Gasteiger partial charge is 0.170 e. The number of hydrogen-bond acceptors (Lipinski definition) is 2. The fourth-order valence-corrected chi connectivity index (χ4v) is 4.03. The van der Waals surface area contributed by atoms with Gasteiger partial charge in [0, 0.05) is 28.1 Å². The Morgan fingerprint density at radius 3 is 2.63 bits per heavy atom. The highest BCUT2D eigenvalue weighted by Crippen LogP contribution is 2.49. The van der Waals surface area contributed by atoms with Crippen molar-refractivity contribution < 1.29 is 13.9 Å². The minimum atomic E-state index is -0.387. The number of Topliss-reactive ketones (excluding diaryl/α,β-unsaturated/α-hetero) is 1. The van der Waals surface area contributed by atoms with Gasteiger partial charge in [-0.1, -0.05) is 15.9 Å². The Labute approximate surface area is 120 Å². The molecule has 102 valence electrons. The number of fused-ring (bicyclic) bond motifs is 1. The minimum absolute atomic E-state index is 0.114. The first kappa shape index (κ1) is 13.3. The molecule has 1 spiro atoms. The van der Waals surface area contributed by atoms with Crippen LogP contribution >= 0.6 is 15.9 Å². The quantitative estimate of drug-likeness (QED) is 0.782. The van der Waals surface area contributed by atoms with Gasteiger partial charge in [-0.05, 0) is 44.2 Å². The molecular weight excluding hydrogens is 311 g/mol. The zero-order valence-electron chi connectivity index (χ0n) is 10.8. The summed E-state index contributed by atoms with van der Waals surface area (Å²) >= 11 is 3.39. The van der Waals surface area contributed by atoms with Crippen molar-refractivity contribution in [3.8, 4) is 0 Å². The van der Waals surface area contributed by atoms with Gasteiger partial charge < -0.3 is 4.74 Å². The van der Waals surface area contributed by atoms with Crippen molar-refractivity contribution in [3.05, 3.63) is 33.5 Å². The average molecular weight is 327 g/mol. The van der Waals surface area contributed by atoms with Crippen LogP contribution in [0.5, 0.6) is 0 Å². The molecule has 4 heteroatoms. The van der Waals surface area contributed by atoms with E-state index in [2.05, 4.69) is 15.9 Å². The molecule has 1 aromatic carbocycles. The van der Waals surface area contributed by atoms with E-state index >= 15 is 0 Å². The number of carbonyl (C=O) groups is 1. The molecule has 0 heterocycles. The van der Waals surface area contributed by atoms with Crippen molar-refractivity contribution >= 4 is 21.7 Å². The Bertz CT molecular complexity index is 533. The molecule has 2 aliphatic rings. The zero-order chi connectivity index (χ0) is 13.6. The van der Waals surface area contributed by atoms with Gasteiger partial charge in [-0.3, -0.25) is 4.79 Å². The van der Waals surface area contributed by atoms with E-state index in [1.807, 2.05) is 0 Å². The first-order chi connectivity index (χ1) is 9.07. The van der Waals surface area contributed by atoms with Crippen LogP contribution < -0.4 is 0 Å². The topological polar surface area (TPSA) is 26.3 Å². The summed E-state index contributed by atoms with van der Waals surface area (Å²) < 4.78 is 20.0. The van der Waals surface area contributed by atoms with E-state index in [1.54, 1.807) is 13.2 Å². The van der Waals surface area contributed by atoms with Crippen molar-refractivity contribution in [2.45, 2.75) is 38.2 Å². The predicted molar refractivity (Wildman–Crippen MR) is 73.8 cm³/mol. The molecule has 3 rings (SSSR count). The van der Waals surface area contributed by atoms with Crippen LogP contribution in [0.25, 0.3) is 0 Å². The Kier molecular flexibility index (Phi) is 3.26. The van der Waals surface area contributed by atoms with E-state index in [-0.39, 0.29) is 23.1 Å². The van der Waals surface area contributed by atoms with E-state index < -0.39 is 0 Å². The molecule has 0 bridgehead atoms. The SMILES string of the molecule is COC1CCC2(CC1)Cc1c(F)ccc(Br)c1C2=O. The number of carbonyl (C=O) groups excluding carboxylic acids is 1. The molecule has 1 saturated carbocycles. The maximum atomic E-state index is 13.9. The predicted octanol–water partition coefficient (Wildman–Crippen LogP) is 3.90. The zero-order valence-corrected chi connectivity index (χ0v) is 12.4. The molecular formula is C15H16BrFO2. The second-order valence-electron chi connectivity index (χ2n) is 5.60. The fourth-order valence-electron chi connectivity index (χ4n) is 3.48. The molecule has 1 aromatic rings. The Hall–Kier alpha value is -0.740. The summed E-state index contributed by atoms with van der Waals surface area (Å²) in [5.74, 6) is -0.138. The third-order valence-electron chi connectivity index (χ3n) is 4.65. The monoisotopic (exact) mass is 326 g/mol. The summed E-state index contributed by atoms with van der Waals surface area (Å²) in [4.78, 5) is 12.7.